The molecule has 0 radical (unpaired) electrons. The summed E-state index contributed by atoms with van der Waals surface area (Å²) in [6, 6.07) is 13.8. The molecule has 0 amide bonds. The van der Waals surface area contributed by atoms with Crippen LogP contribution in [0, 0.1) is 6.92 Å². The van der Waals surface area contributed by atoms with Gasteiger partial charge in [-0.05, 0) is 49.2 Å². The Morgan fingerprint density at radius 3 is 2.75 bits per heavy atom. The van der Waals surface area contributed by atoms with Crippen LogP contribution in [0.3, 0.4) is 0 Å². The van der Waals surface area contributed by atoms with Crippen molar-refractivity contribution in [3.8, 4) is 11.5 Å². The molecule has 0 aliphatic carbocycles. The number of hydrogen-bond acceptors (Lipinski definition) is 3. The molecule has 3 rings (SSSR count). The van der Waals surface area contributed by atoms with Crippen molar-refractivity contribution in [3.05, 3.63) is 59.8 Å². The van der Waals surface area contributed by atoms with E-state index in [4.69, 9.17) is 9.47 Å². The maximum Gasteiger partial charge on any atom is 0.152 e. The van der Waals surface area contributed by atoms with Crippen molar-refractivity contribution in [1.82, 2.24) is 4.57 Å². The summed E-state index contributed by atoms with van der Waals surface area (Å²) in [6.07, 6.45) is 3.65. The molecule has 0 fully saturated rings. The van der Waals surface area contributed by atoms with Gasteiger partial charge in [0.25, 0.3) is 0 Å². The zero-order valence-electron chi connectivity index (χ0n) is 14.0. The normalized spacial score (nSPS) is 10.8. The van der Waals surface area contributed by atoms with Gasteiger partial charge in [-0.2, -0.15) is 0 Å². The van der Waals surface area contributed by atoms with Crippen molar-refractivity contribution in [2.24, 2.45) is 0 Å². The SMILES string of the molecule is COc1ccc2c(c1)c(C=O)cn2CCCOc1cccc(C)c1. The fourth-order valence-electron chi connectivity index (χ4n) is 2.84. The summed E-state index contributed by atoms with van der Waals surface area (Å²) >= 11 is 0. The average Bonchev–Trinajstić information content (AvgIpc) is 2.96. The van der Waals surface area contributed by atoms with E-state index in [9.17, 15) is 4.79 Å². The molecular formula is C20H21NO3. The van der Waals surface area contributed by atoms with Crippen molar-refractivity contribution in [1.29, 1.82) is 0 Å². The molecule has 0 aliphatic rings. The van der Waals surface area contributed by atoms with Crippen molar-refractivity contribution in [2.75, 3.05) is 13.7 Å². The van der Waals surface area contributed by atoms with Crippen LogP contribution in [-0.2, 0) is 6.54 Å². The highest BCUT2D eigenvalue weighted by atomic mass is 16.5. The largest absolute Gasteiger partial charge is 0.497 e. The van der Waals surface area contributed by atoms with Crippen molar-refractivity contribution in [2.45, 2.75) is 19.9 Å². The molecule has 124 valence electrons. The molecule has 0 N–H and O–H groups in total. The summed E-state index contributed by atoms with van der Waals surface area (Å²) in [6.45, 7) is 3.48. The van der Waals surface area contributed by atoms with Crippen molar-refractivity contribution < 1.29 is 14.3 Å². The number of methoxy groups -OCH3 is 1. The predicted molar refractivity (Wildman–Crippen MR) is 95.2 cm³/mol. The van der Waals surface area contributed by atoms with Gasteiger partial charge in [0.15, 0.2) is 6.29 Å². The molecule has 24 heavy (non-hydrogen) atoms. The molecule has 4 heteroatoms. The number of benzene rings is 2. The van der Waals surface area contributed by atoms with E-state index in [1.807, 2.05) is 55.6 Å². The van der Waals surface area contributed by atoms with Crippen LogP contribution in [0.15, 0.2) is 48.7 Å². The Hall–Kier alpha value is -2.75. The van der Waals surface area contributed by atoms with Crippen LogP contribution in [0.25, 0.3) is 10.9 Å². The van der Waals surface area contributed by atoms with Crippen LogP contribution >= 0.6 is 0 Å². The third-order valence-electron chi connectivity index (χ3n) is 4.05. The topological polar surface area (TPSA) is 40.5 Å². The second-order valence-electron chi connectivity index (χ2n) is 5.80. The van der Waals surface area contributed by atoms with Gasteiger partial charge < -0.3 is 14.0 Å². The van der Waals surface area contributed by atoms with Gasteiger partial charge in [-0.1, -0.05) is 12.1 Å². The van der Waals surface area contributed by atoms with Crippen LogP contribution in [0.4, 0.5) is 0 Å². The van der Waals surface area contributed by atoms with Gasteiger partial charge in [0.2, 0.25) is 0 Å². The summed E-state index contributed by atoms with van der Waals surface area (Å²) < 4.78 is 13.1. The Kier molecular flexibility index (Phi) is 4.85. The van der Waals surface area contributed by atoms with Gasteiger partial charge in [-0.25, -0.2) is 0 Å². The Morgan fingerprint density at radius 2 is 2.00 bits per heavy atom. The Bertz CT molecular complexity index is 851. The Balaban J connectivity index is 1.68. The lowest BCUT2D eigenvalue weighted by molar-refractivity contribution is 0.112. The fraction of sp³-hybridized carbons (Fsp3) is 0.250. The number of ether oxygens (including phenoxy) is 2. The minimum Gasteiger partial charge on any atom is -0.497 e. The Labute approximate surface area is 141 Å². The number of fused-ring (bicyclic) bond motifs is 1. The molecule has 0 unspecified atom stereocenters. The number of aromatic nitrogens is 1. The van der Waals surface area contributed by atoms with E-state index in [1.54, 1.807) is 7.11 Å². The zero-order valence-corrected chi connectivity index (χ0v) is 14.0. The van der Waals surface area contributed by atoms with E-state index in [-0.39, 0.29) is 0 Å². The predicted octanol–water partition coefficient (Wildman–Crippen LogP) is 4.24. The van der Waals surface area contributed by atoms with Gasteiger partial charge in [0, 0.05) is 29.2 Å². The van der Waals surface area contributed by atoms with E-state index in [0.29, 0.717) is 12.2 Å². The smallest absolute Gasteiger partial charge is 0.152 e. The van der Waals surface area contributed by atoms with Gasteiger partial charge >= 0.3 is 0 Å². The first-order valence-electron chi connectivity index (χ1n) is 8.03. The molecule has 0 aliphatic heterocycles. The van der Waals surface area contributed by atoms with E-state index >= 15 is 0 Å². The number of carbonyl (C=O) groups is 1. The van der Waals surface area contributed by atoms with Crippen LogP contribution in [0.1, 0.15) is 22.3 Å². The van der Waals surface area contributed by atoms with Crippen LogP contribution in [0.5, 0.6) is 11.5 Å². The van der Waals surface area contributed by atoms with Gasteiger partial charge in [-0.3, -0.25) is 4.79 Å². The molecule has 0 spiro atoms. The maximum absolute atomic E-state index is 11.3. The summed E-state index contributed by atoms with van der Waals surface area (Å²) in [7, 11) is 1.63. The van der Waals surface area contributed by atoms with Gasteiger partial charge in [0.1, 0.15) is 11.5 Å². The number of hydrogen-bond donors (Lipinski definition) is 0. The Morgan fingerprint density at radius 1 is 1.12 bits per heavy atom. The molecule has 0 atom stereocenters. The molecule has 3 aromatic rings. The molecule has 4 nitrogen and oxygen atoms in total. The molecule has 2 aromatic carbocycles. The quantitative estimate of drug-likeness (QED) is 0.482. The maximum atomic E-state index is 11.3. The fourth-order valence-corrected chi connectivity index (χ4v) is 2.84. The first-order chi connectivity index (χ1) is 11.7. The number of nitrogens with zero attached hydrogens (tertiary/aromatic N) is 1. The average molecular weight is 323 g/mol. The monoisotopic (exact) mass is 323 g/mol. The van der Waals surface area contributed by atoms with Crippen LogP contribution in [0.2, 0.25) is 0 Å². The lowest BCUT2D eigenvalue weighted by Gasteiger charge is -2.08. The molecule has 0 saturated carbocycles. The number of aldehydes is 1. The molecule has 0 saturated heterocycles. The summed E-state index contributed by atoms with van der Waals surface area (Å²) in [5, 5.41) is 0.920. The highest BCUT2D eigenvalue weighted by Crippen LogP contribution is 2.25. The van der Waals surface area contributed by atoms with E-state index in [2.05, 4.69) is 4.57 Å². The highest BCUT2D eigenvalue weighted by molar-refractivity contribution is 5.98. The summed E-state index contributed by atoms with van der Waals surface area (Å²) in [4.78, 5) is 11.3. The highest BCUT2D eigenvalue weighted by Gasteiger charge is 2.09. The molecule has 1 aromatic heterocycles. The first-order valence-corrected chi connectivity index (χ1v) is 8.03. The van der Waals surface area contributed by atoms with E-state index in [1.165, 1.54) is 5.56 Å². The second kappa shape index (κ2) is 7.21. The second-order valence-corrected chi connectivity index (χ2v) is 5.80. The van der Waals surface area contributed by atoms with E-state index < -0.39 is 0 Å². The van der Waals surface area contributed by atoms with E-state index in [0.717, 1.165) is 41.7 Å². The zero-order chi connectivity index (χ0) is 16.9. The minimum absolute atomic E-state index is 0.635. The third-order valence-corrected chi connectivity index (χ3v) is 4.05. The van der Waals surface area contributed by atoms with Gasteiger partial charge in [-0.15, -0.1) is 0 Å². The first kappa shape index (κ1) is 16.1. The molecule has 0 bridgehead atoms. The third kappa shape index (κ3) is 3.43. The standard InChI is InChI=1S/C20H21NO3/c1-15-5-3-6-18(11-15)24-10-4-9-21-13-16(14-22)19-12-17(23-2)7-8-20(19)21/h3,5-8,11-14H,4,9-10H2,1-2H3. The molecule has 1 heterocycles. The number of carbonyl (C=O) groups excluding carboxylic acids is 1. The lowest BCUT2D eigenvalue weighted by atomic mass is 10.2. The summed E-state index contributed by atoms with van der Waals surface area (Å²) in [5.41, 5.74) is 2.91. The molecular weight excluding hydrogens is 302 g/mol. The minimum atomic E-state index is 0.635. The van der Waals surface area contributed by atoms with Crippen LogP contribution in [-0.4, -0.2) is 24.6 Å². The van der Waals surface area contributed by atoms with Gasteiger partial charge in [0.05, 0.1) is 13.7 Å². The number of rotatable bonds is 7. The lowest BCUT2D eigenvalue weighted by Crippen LogP contribution is -2.03. The van der Waals surface area contributed by atoms with Crippen molar-refractivity contribution >= 4 is 17.2 Å². The van der Waals surface area contributed by atoms with Crippen LogP contribution < -0.4 is 9.47 Å². The summed E-state index contributed by atoms with van der Waals surface area (Å²) in [5.74, 6) is 1.65. The number of aryl methyl sites for hydroxylation is 2. The van der Waals surface area contributed by atoms with Crippen molar-refractivity contribution in [3.63, 3.8) is 0 Å².